The monoisotopic (exact) mass is 247 g/mol. The molecule has 0 bridgehead atoms. The van der Waals surface area contributed by atoms with Gasteiger partial charge in [-0.3, -0.25) is 9.78 Å². The molecule has 0 atom stereocenters. The van der Waals surface area contributed by atoms with Crippen LogP contribution in [-0.4, -0.2) is 17.4 Å². The first-order chi connectivity index (χ1) is 8.79. The highest BCUT2D eigenvalue weighted by Crippen LogP contribution is 2.22. The summed E-state index contributed by atoms with van der Waals surface area (Å²) < 4.78 is 0. The minimum absolute atomic E-state index is 0.0795. The van der Waals surface area contributed by atoms with Crippen molar-refractivity contribution in [3.05, 3.63) is 29.6 Å². The zero-order valence-electron chi connectivity index (χ0n) is 10.7. The van der Waals surface area contributed by atoms with Gasteiger partial charge in [0.25, 0.3) is 5.91 Å². The van der Waals surface area contributed by atoms with Crippen molar-refractivity contribution < 1.29 is 4.79 Å². The lowest BCUT2D eigenvalue weighted by Crippen LogP contribution is -2.30. The van der Waals surface area contributed by atoms with Gasteiger partial charge in [-0.05, 0) is 30.4 Å². The lowest BCUT2D eigenvalue weighted by molar-refractivity contribution is 0.0938. The Labute approximate surface area is 108 Å². The Morgan fingerprint density at radius 2 is 2.11 bits per heavy atom. The van der Waals surface area contributed by atoms with E-state index in [4.69, 9.17) is 5.73 Å². The predicted molar refractivity (Wildman–Crippen MR) is 71.0 cm³/mol. The Balaban J connectivity index is 1.82. The highest BCUT2D eigenvalue weighted by atomic mass is 16.1. The number of aromatic nitrogens is 1. The van der Waals surface area contributed by atoms with Gasteiger partial charge in [0.05, 0.1) is 0 Å². The highest BCUT2D eigenvalue weighted by Gasteiger charge is 2.15. The van der Waals surface area contributed by atoms with E-state index in [1.165, 1.54) is 32.1 Å². The number of carbonyl (C=O) groups is 1. The summed E-state index contributed by atoms with van der Waals surface area (Å²) >= 11 is 0. The van der Waals surface area contributed by atoms with Crippen LogP contribution in [0.1, 0.15) is 48.2 Å². The molecule has 0 aromatic carbocycles. The second kappa shape index (κ2) is 6.50. The van der Waals surface area contributed by atoms with Gasteiger partial charge in [0.15, 0.2) is 0 Å². The molecule has 1 aromatic heterocycles. The van der Waals surface area contributed by atoms with E-state index in [1.54, 1.807) is 12.3 Å². The molecule has 1 aliphatic carbocycles. The van der Waals surface area contributed by atoms with Crippen LogP contribution >= 0.6 is 0 Å². The maximum Gasteiger partial charge on any atom is 0.269 e. The van der Waals surface area contributed by atoms with Gasteiger partial charge < -0.3 is 11.1 Å². The number of rotatable bonds is 4. The maximum absolute atomic E-state index is 11.9. The molecule has 0 spiro atoms. The summed E-state index contributed by atoms with van der Waals surface area (Å²) in [6, 6.07) is 3.58. The fourth-order valence-electron chi connectivity index (χ4n) is 2.40. The van der Waals surface area contributed by atoms with Crippen LogP contribution in [0.4, 0.5) is 0 Å². The third kappa shape index (κ3) is 3.53. The quantitative estimate of drug-likeness (QED) is 0.853. The smallest absolute Gasteiger partial charge is 0.269 e. The number of amides is 1. The number of nitrogens with zero attached hydrogens (tertiary/aromatic N) is 1. The Kier molecular flexibility index (Phi) is 4.70. The SMILES string of the molecule is NCc1ccc(C(=O)NCC2CCCCC2)nc1. The number of carbonyl (C=O) groups excluding carboxylic acids is 1. The summed E-state index contributed by atoms with van der Waals surface area (Å²) in [4.78, 5) is 16.0. The maximum atomic E-state index is 11.9. The van der Waals surface area contributed by atoms with Gasteiger partial charge in [-0.2, -0.15) is 0 Å². The summed E-state index contributed by atoms with van der Waals surface area (Å²) in [6.45, 7) is 1.23. The van der Waals surface area contributed by atoms with Crippen LogP contribution < -0.4 is 11.1 Å². The molecule has 1 aromatic rings. The summed E-state index contributed by atoms with van der Waals surface area (Å²) in [7, 11) is 0. The zero-order chi connectivity index (χ0) is 12.8. The topological polar surface area (TPSA) is 68.0 Å². The summed E-state index contributed by atoms with van der Waals surface area (Å²) in [5.74, 6) is 0.565. The fraction of sp³-hybridized carbons (Fsp3) is 0.571. The Morgan fingerprint density at radius 1 is 1.33 bits per heavy atom. The fourth-order valence-corrected chi connectivity index (χ4v) is 2.40. The minimum Gasteiger partial charge on any atom is -0.350 e. The lowest BCUT2D eigenvalue weighted by atomic mass is 9.89. The molecule has 98 valence electrons. The second-order valence-electron chi connectivity index (χ2n) is 4.97. The summed E-state index contributed by atoms with van der Waals surface area (Å²) in [5, 5.41) is 2.97. The average molecular weight is 247 g/mol. The standard InChI is InChI=1S/C14H21N3O/c15-8-12-6-7-13(16-10-12)14(18)17-9-11-4-2-1-3-5-11/h6-7,10-11H,1-5,8-9,15H2,(H,17,18). The molecule has 0 unspecified atom stereocenters. The van der Waals surface area contributed by atoms with E-state index >= 15 is 0 Å². The highest BCUT2D eigenvalue weighted by molar-refractivity contribution is 5.92. The van der Waals surface area contributed by atoms with E-state index in [0.29, 0.717) is 18.2 Å². The third-order valence-electron chi connectivity index (χ3n) is 3.57. The molecule has 0 aliphatic heterocycles. The Bertz CT molecular complexity index is 383. The van der Waals surface area contributed by atoms with Crippen LogP contribution in [0.5, 0.6) is 0 Å². The van der Waals surface area contributed by atoms with Crippen molar-refractivity contribution in [2.45, 2.75) is 38.6 Å². The average Bonchev–Trinajstić information content (AvgIpc) is 2.46. The van der Waals surface area contributed by atoms with E-state index in [0.717, 1.165) is 12.1 Å². The van der Waals surface area contributed by atoms with Crippen molar-refractivity contribution in [3.63, 3.8) is 0 Å². The van der Waals surface area contributed by atoms with Gasteiger partial charge in [-0.15, -0.1) is 0 Å². The van der Waals surface area contributed by atoms with Gasteiger partial charge in [-0.25, -0.2) is 0 Å². The van der Waals surface area contributed by atoms with Crippen molar-refractivity contribution >= 4 is 5.91 Å². The summed E-state index contributed by atoms with van der Waals surface area (Å²) in [5.41, 5.74) is 6.91. The molecule has 1 aliphatic rings. The predicted octanol–water partition coefficient (Wildman–Crippen LogP) is 1.85. The van der Waals surface area contributed by atoms with Crippen LogP contribution in [0.2, 0.25) is 0 Å². The van der Waals surface area contributed by atoms with Gasteiger partial charge in [0.2, 0.25) is 0 Å². The molecule has 1 amide bonds. The number of hydrogen-bond acceptors (Lipinski definition) is 3. The van der Waals surface area contributed by atoms with Gasteiger partial charge in [-0.1, -0.05) is 25.3 Å². The van der Waals surface area contributed by atoms with Gasteiger partial charge in [0.1, 0.15) is 5.69 Å². The molecule has 3 N–H and O–H groups in total. The van der Waals surface area contributed by atoms with E-state index < -0.39 is 0 Å². The van der Waals surface area contributed by atoms with Crippen LogP contribution in [0.15, 0.2) is 18.3 Å². The first-order valence-electron chi connectivity index (χ1n) is 6.73. The van der Waals surface area contributed by atoms with E-state index in [1.807, 2.05) is 6.07 Å². The lowest BCUT2D eigenvalue weighted by Gasteiger charge is -2.21. The van der Waals surface area contributed by atoms with E-state index in [2.05, 4.69) is 10.3 Å². The molecule has 18 heavy (non-hydrogen) atoms. The second-order valence-corrected chi connectivity index (χ2v) is 4.97. The molecule has 0 radical (unpaired) electrons. The van der Waals surface area contributed by atoms with E-state index in [9.17, 15) is 4.79 Å². The van der Waals surface area contributed by atoms with Crippen molar-refractivity contribution in [2.24, 2.45) is 11.7 Å². The molecular formula is C14H21N3O. The number of nitrogens with one attached hydrogen (secondary N) is 1. The molecule has 1 heterocycles. The van der Waals surface area contributed by atoms with Crippen molar-refractivity contribution in [1.82, 2.24) is 10.3 Å². The van der Waals surface area contributed by atoms with Crippen LogP contribution in [0, 0.1) is 5.92 Å². The number of pyridine rings is 1. The number of nitrogens with two attached hydrogens (primary N) is 1. The van der Waals surface area contributed by atoms with Gasteiger partial charge in [0, 0.05) is 19.3 Å². The first-order valence-corrected chi connectivity index (χ1v) is 6.73. The Morgan fingerprint density at radius 3 is 2.72 bits per heavy atom. The van der Waals surface area contributed by atoms with E-state index in [-0.39, 0.29) is 5.91 Å². The first kappa shape index (κ1) is 13.0. The zero-order valence-corrected chi connectivity index (χ0v) is 10.7. The molecule has 1 saturated carbocycles. The summed E-state index contributed by atoms with van der Waals surface area (Å²) in [6.07, 6.45) is 8.07. The van der Waals surface area contributed by atoms with Crippen LogP contribution in [0.3, 0.4) is 0 Å². The van der Waals surface area contributed by atoms with Crippen molar-refractivity contribution in [1.29, 1.82) is 0 Å². The molecular weight excluding hydrogens is 226 g/mol. The van der Waals surface area contributed by atoms with Crippen LogP contribution in [0.25, 0.3) is 0 Å². The van der Waals surface area contributed by atoms with Crippen molar-refractivity contribution in [2.75, 3.05) is 6.54 Å². The molecule has 0 saturated heterocycles. The Hall–Kier alpha value is -1.42. The minimum atomic E-state index is -0.0795. The molecule has 4 heteroatoms. The normalized spacial score (nSPS) is 16.5. The molecule has 1 fully saturated rings. The van der Waals surface area contributed by atoms with Gasteiger partial charge >= 0.3 is 0 Å². The van der Waals surface area contributed by atoms with Crippen molar-refractivity contribution in [3.8, 4) is 0 Å². The molecule has 2 rings (SSSR count). The number of hydrogen-bond donors (Lipinski definition) is 2. The molecule has 4 nitrogen and oxygen atoms in total. The van der Waals surface area contributed by atoms with Crippen LogP contribution in [-0.2, 0) is 6.54 Å². The third-order valence-corrected chi connectivity index (χ3v) is 3.57. The largest absolute Gasteiger partial charge is 0.350 e.